The second-order valence-electron chi connectivity index (χ2n) is 5.71. The number of hydrogen-bond donors (Lipinski definition) is 2. The molecule has 104 valence electrons. The highest BCUT2D eigenvalue weighted by molar-refractivity contribution is 5.48. The summed E-state index contributed by atoms with van der Waals surface area (Å²) < 4.78 is 0. The molecule has 3 heteroatoms. The molecule has 0 amide bonds. The van der Waals surface area contributed by atoms with Crippen molar-refractivity contribution in [2.75, 3.05) is 5.73 Å². The maximum absolute atomic E-state index is 11.0. The van der Waals surface area contributed by atoms with Crippen molar-refractivity contribution < 1.29 is 5.11 Å². The Hall–Kier alpha value is -1.87. The van der Waals surface area contributed by atoms with E-state index in [1.165, 1.54) is 5.56 Å². The summed E-state index contributed by atoms with van der Waals surface area (Å²) in [4.78, 5) is 4.14. The first-order valence-corrected chi connectivity index (χ1v) is 7.10. The third kappa shape index (κ3) is 1.90. The highest BCUT2D eigenvalue weighted by atomic mass is 16.3. The van der Waals surface area contributed by atoms with Crippen molar-refractivity contribution >= 4 is 5.82 Å². The summed E-state index contributed by atoms with van der Waals surface area (Å²) in [6.07, 6.45) is 4.23. The Labute approximate surface area is 119 Å². The Morgan fingerprint density at radius 1 is 1.20 bits per heavy atom. The van der Waals surface area contributed by atoms with E-state index in [-0.39, 0.29) is 5.41 Å². The molecule has 0 radical (unpaired) electrons. The topological polar surface area (TPSA) is 59.1 Å². The highest BCUT2D eigenvalue weighted by Gasteiger charge is 2.46. The van der Waals surface area contributed by atoms with Crippen LogP contribution in [0.5, 0.6) is 0 Å². The van der Waals surface area contributed by atoms with Crippen LogP contribution in [0.3, 0.4) is 0 Å². The lowest BCUT2D eigenvalue weighted by Crippen LogP contribution is -2.41. The van der Waals surface area contributed by atoms with Gasteiger partial charge in [-0.15, -0.1) is 0 Å². The molecule has 3 N–H and O–H groups in total. The SMILES string of the molecule is Cc1ccnc(N)c1C(O)C1(c2ccccc2)CCC1. The van der Waals surface area contributed by atoms with Crippen molar-refractivity contribution in [2.24, 2.45) is 0 Å². The highest BCUT2D eigenvalue weighted by Crippen LogP contribution is 2.53. The zero-order valence-corrected chi connectivity index (χ0v) is 11.7. The van der Waals surface area contributed by atoms with Gasteiger partial charge in [0.1, 0.15) is 5.82 Å². The van der Waals surface area contributed by atoms with Crippen LogP contribution in [-0.4, -0.2) is 10.1 Å². The molecule has 1 heterocycles. The summed E-state index contributed by atoms with van der Waals surface area (Å²) in [6, 6.07) is 12.2. The van der Waals surface area contributed by atoms with Crippen LogP contribution < -0.4 is 5.73 Å². The molecular formula is C17H20N2O. The Morgan fingerprint density at radius 2 is 1.90 bits per heavy atom. The molecule has 1 aliphatic rings. The quantitative estimate of drug-likeness (QED) is 0.899. The van der Waals surface area contributed by atoms with Crippen molar-refractivity contribution in [3.63, 3.8) is 0 Å². The Balaban J connectivity index is 2.06. The fourth-order valence-corrected chi connectivity index (χ4v) is 3.27. The van der Waals surface area contributed by atoms with Gasteiger partial charge in [0.2, 0.25) is 0 Å². The maximum Gasteiger partial charge on any atom is 0.129 e. The minimum Gasteiger partial charge on any atom is -0.387 e. The van der Waals surface area contributed by atoms with Gasteiger partial charge in [-0.1, -0.05) is 36.8 Å². The van der Waals surface area contributed by atoms with E-state index in [9.17, 15) is 5.11 Å². The molecule has 0 aliphatic heterocycles. The van der Waals surface area contributed by atoms with E-state index in [4.69, 9.17) is 5.73 Å². The van der Waals surface area contributed by atoms with Crippen LogP contribution in [0, 0.1) is 6.92 Å². The summed E-state index contributed by atoms with van der Waals surface area (Å²) in [6.45, 7) is 1.98. The number of pyridine rings is 1. The predicted octanol–water partition coefficient (Wildman–Crippen LogP) is 3.13. The first kappa shape index (κ1) is 13.1. The fraction of sp³-hybridized carbons (Fsp3) is 0.353. The predicted molar refractivity (Wildman–Crippen MR) is 80.3 cm³/mol. The van der Waals surface area contributed by atoms with E-state index in [1.807, 2.05) is 31.2 Å². The molecule has 1 aromatic carbocycles. The second-order valence-corrected chi connectivity index (χ2v) is 5.71. The zero-order chi connectivity index (χ0) is 14.2. The molecule has 1 unspecified atom stereocenters. The molecule has 1 fully saturated rings. The number of hydrogen-bond acceptors (Lipinski definition) is 3. The van der Waals surface area contributed by atoms with Gasteiger partial charge >= 0.3 is 0 Å². The maximum atomic E-state index is 11.0. The fourth-order valence-electron chi connectivity index (χ4n) is 3.27. The third-order valence-corrected chi connectivity index (χ3v) is 4.63. The van der Waals surface area contributed by atoms with Gasteiger partial charge < -0.3 is 10.8 Å². The average molecular weight is 268 g/mol. The van der Waals surface area contributed by atoms with Gasteiger partial charge in [-0.3, -0.25) is 0 Å². The smallest absolute Gasteiger partial charge is 0.129 e. The van der Waals surface area contributed by atoms with Gasteiger partial charge in [-0.2, -0.15) is 0 Å². The van der Waals surface area contributed by atoms with Crippen LogP contribution in [0.4, 0.5) is 5.82 Å². The Kier molecular flexibility index (Phi) is 3.22. The number of nitrogens with zero attached hydrogens (tertiary/aromatic N) is 1. The summed E-state index contributed by atoms with van der Waals surface area (Å²) in [5.74, 6) is 0.444. The molecule has 2 aromatic rings. The number of nitrogens with two attached hydrogens (primary N) is 1. The average Bonchev–Trinajstić information content (AvgIpc) is 2.38. The van der Waals surface area contributed by atoms with E-state index < -0.39 is 6.10 Å². The Morgan fingerprint density at radius 3 is 2.45 bits per heavy atom. The van der Waals surface area contributed by atoms with Gasteiger partial charge in [-0.05, 0) is 37.0 Å². The Bertz CT molecular complexity index is 585. The molecule has 3 rings (SSSR count). The molecule has 1 atom stereocenters. The molecule has 20 heavy (non-hydrogen) atoms. The van der Waals surface area contributed by atoms with Crippen molar-refractivity contribution in [3.8, 4) is 0 Å². The number of nitrogen functional groups attached to an aromatic ring is 1. The molecule has 1 aromatic heterocycles. The van der Waals surface area contributed by atoms with E-state index in [0.717, 1.165) is 30.4 Å². The van der Waals surface area contributed by atoms with Crippen LogP contribution in [0.2, 0.25) is 0 Å². The number of rotatable bonds is 3. The number of aliphatic hydroxyl groups is 1. The first-order chi connectivity index (χ1) is 9.65. The lowest BCUT2D eigenvalue weighted by Gasteiger charge is -2.46. The number of aromatic nitrogens is 1. The van der Waals surface area contributed by atoms with Crippen LogP contribution >= 0.6 is 0 Å². The minimum atomic E-state index is -0.590. The summed E-state index contributed by atoms with van der Waals surface area (Å²) in [5.41, 5.74) is 8.79. The molecule has 0 bridgehead atoms. The van der Waals surface area contributed by atoms with Crippen molar-refractivity contribution in [1.29, 1.82) is 0 Å². The third-order valence-electron chi connectivity index (χ3n) is 4.63. The zero-order valence-electron chi connectivity index (χ0n) is 11.7. The van der Waals surface area contributed by atoms with E-state index in [0.29, 0.717) is 5.82 Å². The minimum absolute atomic E-state index is 0.205. The van der Waals surface area contributed by atoms with E-state index in [1.54, 1.807) is 6.20 Å². The molecular weight excluding hydrogens is 248 g/mol. The van der Waals surface area contributed by atoms with Crippen molar-refractivity contribution in [3.05, 3.63) is 59.3 Å². The standard InChI is InChI=1S/C17H20N2O/c1-12-8-11-19-16(18)14(12)15(20)17(9-5-10-17)13-6-3-2-4-7-13/h2-4,6-8,11,15,20H,5,9-10H2,1H3,(H2,18,19). The van der Waals surface area contributed by atoms with Gasteiger partial charge in [-0.25, -0.2) is 4.98 Å². The number of aliphatic hydroxyl groups excluding tert-OH is 1. The summed E-state index contributed by atoms with van der Waals surface area (Å²) in [7, 11) is 0. The van der Waals surface area contributed by atoms with E-state index in [2.05, 4.69) is 17.1 Å². The van der Waals surface area contributed by atoms with Gasteiger partial charge in [0.25, 0.3) is 0 Å². The van der Waals surface area contributed by atoms with Gasteiger partial charge in [0.05, 0.1) is 6.10 Å². The molecule has 1 aliphatic carbocycles. The lowest BCUT2D eigenvalue weighted by atomic mass is 9.59. The number of aryl methyl sites for hydroxylation is 1. The molecule has 0 saturated heterocycles. The number of anilines is 1. The molecule has 3 nitrogen and oxygen atoms in total. The number of benzene rings is 1. The monoisotopic (exact) mass is 268 g/mol. The summed E-state index contributed by atoms with van der Waals surface area (Å²) in [5, 5.41) is 11.0. The molecule has 0 spiro atoms. The van der Waals surface area contributed by atoms with Crippen LogP contribution in [0.15, 0.2) is 42.6 Å². The summed E-state index contributed by atoms with van der Waals surface area (Å²) >= 11 is 0. The van der Waals surface area contributed by atoms with Crippen LogP contribution in [-0.2, 0) is 5.41 Å². The molecule has 1 saturated carbocycles. The normalized spacial score (nSPS) is 18.3. The van der Waals surface area contributed by atoms with E-state index >= 15 is 0 Å². The van der Waals surface area contributed by atoms with Crippen molar-refractivity contribution in [1.82, 2.24) is 4.98 Å². The van der Waals surface area contributed by atoms with Crippen LogP contribution in [0.1, 0.15) is 42.1 Å². The lowest BCUT2D eigenvalue weighted by molar-refractivity contribution is 0.0267. The first-order valence-electron chi connectivity index (χ1n) is 7.10. The second kappa shape index (κ2) is 4.91. The van der Waals surface area contributed by atoms with Crippen LogP contribution in [0.25, 0.3) is 0 Å². The van der Waals surface area contributed by atoms with Gasteiger partial charge in [0.15, 0.2) is 0 Å². The van der Waals surface area contributed by atoms with Crippen molar-refractivity contribution in [2.45, 2.75) is 37.7 Å². The van der Waals surface area contributed by atoms with Gasteiger partial charge in [0, 0.05) is 17.2 Å². The largest absolute Gasteiger partial charge is 0.387 e.